The summed E-state index contributed by atoms with van der Waals surface area (Å²) in [5.74, 6) is 0. The molecule has 106 valence electrons. The van der Waals surface area contributed by atoms with Crippen LogP contribution in [-0.4, -0.2) is 22.6 Å². The van der Waals surface area contributed by atoms with Crippen molar-refractivity contribution in [2.24, 2.45) is 15.3 Å². The lowest BCUT2D eigenvalue weighted by Crippen LogP contribution is -2.15. The molecule has 0 spiro atoms. The van der Waals surface area contributed by atoms with Crippen molar-refractivity contribution < 1.29 is 0 Å². The molecule has 1 aromatic heterocycles. The zero-order chi connectivity index (χ0) is 13.8. The molecule has 21 heavy (non-hydrogen) atoms. The number of nitrogens with zero attached hydrogens (tertiary/aromatic N) is 4. The minimum atomic E-state index is 0. The van der Waals surface area contributed by atoms with Gasteiger partial charge in [-0.15, -0.1) is 5.10 Å². The second kappa shape index (κ2) is 6.74. The number of para-hydroxylation sites is 1. The molecule has 4 N–H and O–H groups in total. The average Bonchev–Trinajstić information content (AvgIpc) is 2.95. The van der Waals surface area contributed by atoms with Crippen LogP contribution < -0.4 is 11.6 Å². The number of aromatic nitrogens is 1. The molecule has 0 fully saturated rings. The number of hydrogen-bond donors (Lipinski definition) is 2. The summed E-state index contributed by atoms with van der Waals surface area (Å²) in [5.41, 5.74) is 6.00. The number of hydrazone groups is 1. The van der Waals surface area contributed by atoms with Crippen molar-refractivity contribution in [1.82, 2.24) is 11.1 Å². The number of pyridine rings is 1. The van der Waals surface area contributed by atoms with Gasteiger partial charge >= 0.3 is 0 Å². The molecule has 0 bridgehead atoms. The molecule has 3 rings (SSSR count). The fourth-order valence-electron chi connectivity index (χ4n) is 1.69. The second-order valence-corrected chi connectivity index (χ2v) is 4.42. The molecule has 6 nitrogen and oxygen atoms in total. The van der Waals surface area contributed by atoms with Crippen LogP contribution in [0.2, 0.25) is 5.15 Å². The summed E-state index contributed by atoms with van der Waals surface area (Å²) >= 11 is 5.77. The Balaban J connectivity index is 0.00000161. The summed E-state index contributed by atoms with van der Waals surface area (Å²) in [5, 5.41) is 12.7. The summed E-state index contributed by atoms with van der Waals surface area (Å²) < 4.78 is 0. The molecule has 1 aliphatic rings. The van der Waals surface area contributed by atoms with Gasteiger partial charge in [-0.1, -0.05) is 29.8 Å². The quantitative estimate of drug-likeness (QED) is 0.673. The maximum Gasteiger partial charge on any atom is 0.132 e. The van der Waals surface area contributed by atoms with Crippen LogP contribution in [0.15, 0.2) is 64.0 Å². The van der Waals surface area contributed by atoms with Crippen LogP contribution in [0.1, 0.15) is 5.56 Å². The highest BCUT2D eigenvalue weighted by Gasteiger charge is 2.15. The van der Waals surface area contributed by atoms with Crippen molar-refractivity contribution in [1.29, 1.82) is 0 Å². The van der Waals surface area contributed by atoms with Gasteiger partial charge in [0.15, 0.2) is 0 Å². The second-order valence-electron chi connectivity index (χ2n) is 4.04. The van der Waals surface area contributed by atoms with Gasteiger partial charge < -0.3 is 6.15 Å². The molecule has 1 aromatic carbocycles. The van der Waals surface area contributed by atoms with Gasteiger partial charge in [-0.25, -0.2) is 4.98 Å². The molecule has 0 atom stereocenters. The Hall–Kier alpha value is -2.57. The van der Waals surface area contributed by atoms with E-state index >= 15 is 0 Å². The first-order valence-corrected chi connectivity index (χ1v) is 6.33. The summed E-state index contributed by atoms with van der Waals surface area (Å²) in [6, 6.07) is 13.2. The topological polar surface area (TPSA) is 97.0 Å². The van der Waals surface area contributed by atoms with Gasteiger partial charge in [0.1, 0.15) is 16.6 Å². The first-order valence-electron chi connectivity index (χ1n) is 5.95. The van der Waals surface area contributed by atoms with E-state index in [1.54, 1.807) is 18.5 Å². The van der Waals surface area contributed by atoms with Crippen LogP contribution in [0.4, 0.5) is 5.69 Å². The molecular formula is C14H13ClN6. The van der Waals surface area contributed by atoms with Crippen LogP contribution in [0.3, 0.4) is 0 Å². The van der Waals surface area contributed by atoms with E-state index in [4.69, 9.17) is 11.6 Å². The number of rotatable bonds is 3. The molecule has 2 aromatic rings. The lowest BCUT2D eigenvalue weighted by molar-refractivity contribution is 1.26. The highest BCUT2D eigenvalue weighted by molar-refractivity contribution is 6.67. The molecular weight excluding hydrogens is 288 g/mol. The molecule has 0 saturated carbocycles. The van der Waals surface area contributed by atoms with Gasteiger partial charge in [0, 0.05) is 11.8 Å². The maximum atomic E-state index is 5.77. The van der Waals surface area contributed by atoms with E-state index in [0.717, 1.165) is 11.3 Å². The molecule has 0 amide bonds. The number of nitrogens with one attached hydrogen (secondary N) is 1. The molecule has 1 aliphatic heterocycles. The Kier molecular flexibility index (Phi) is 4.76. The van der Waals surface area contributed by atoms with Crippen LogP contribution in [0, 0.1) is 0 Å². The number of hydrogen-bond acceptors (Lipinski definition) is 6. The molecule has 0 radical (unpaired) electrons. The van der Waals surface area contributed by atoms with Crippen molar-refractivity contribution in [2.45, 2.75) is 0 Å². The van der Waals surface area contributed by atoms with Crippen molar-refractivity contribution >= 4 is 34.9 Å². The Labute approximate surface area is 126 Å². The average molecular weight is 301 g/mol. The molecule has 0 unspecified atom stereocenters. The van der Waals surface area contributed by atoms with Gasteiger partial charge in [0.05, 0.1) is 11.9 Å². The fraction of sp³-hybridized carbons (Fsp3) is 0. The third kappa shape index (κ3) is 3.50. The van der Waals surface area contributed by atoms with Crippen LogP contribution in [0.25, 0.3) is 0 Å². The van der Waals surface area contributed by atoms with E-state index in [1.807, 2.05) is 36.4 Å². The lowest BCUT2D eigenvalue weighted by Gasteiger charge is -2.03. The lowest BCUT2D eigenvalue weighted by atomic mass is 10.1. The predicted octanol–water partition coefficient (Wildman–Crippen LogP) is 3.15. The van der Waals surface area contributed by atoms with Gasteiger partial charge in [-0.3, -0.25) is 5.43 Å². The summed E-state index contributed by atoms with van der Waals surface area (Å²) in [7, 11) is 0. The fourth-order valence-corrected chi connectivity index (χ4v) is 1.81. The zero-order valence-electron chi connectivity index (χ0n) is 11.1. The number of halogens is 1. The van der Waals surface area contributed by atoms with E-state index in [2.05, 4.69) is 25.7 Å². The molecule has 0 saturated heterocycles. The SMILES string of the molecule is Clc1ccc(C2=NN=CC2=NNc2ccccc2)cn1.N. The summed E-state index contributed by atoms with van der Waals surface area (Å²) in [4.78, 5) is 4.03. The molecule has 7 heteroatoms. The van der Waals surface area contributed by atoms with E-state index < -0.39 is 0 Å². The third-order valence-corrected chi connectivity index (χ3v) is 2.88. The standard InChI is InChI=1S/C14H10ClN5.H3N/c15-13-7-6-10(8-16-13)14-12(9-17-20-14)19-18-11-4-2-1-3-5-11;/h1-9,18H;1H3. The first kappa shape index (κ1) is 14.8. The van der Waals surface area contributed by atoms with Crippen LogP contribution in [0.5, 0.6) is 0 Å². The van der Waals surface area contributed by atoms with Crippen molar-refractivity contribution in [3.63, 3.8) is 0 Å². The minimum absolute atomic E-state index is 0. The van der Waals surface area contributed by atoms with Gasteiger partial charge in [0.25, 0.3) is 0 Å². The molecule has 2 heterocycles. The van der Waals surface area contributed by atoms with E-state index in [-0.39, 0.29) is 6.15 Å². The highest BCUT2D eigenvalue weighted by Crippen LogP contribution is 2.11. The normalized spacial score (nSPS) is 14.7. The highest BCUT2D eigenvalue weighted by atomic mass is 35.5. The Morgan fingerprint density at radius 3 is 2.57 bits per heavy atom. The molecule has 0 aliphatic carbocycles. The van der Waals surface area contributed by atoms with Gasteiger partial charge in [0.2, 0.25) is 0 Å². The Bertz CT molecular complexity index is 691. The zero-order valence-corrected chi connectivity index (χ0v) is 11.8. The third-order valence-electron chi connectivity index (χ3n) is 2.66. The van der Waals surface area contributed by atoms with Gasteiger partial charge in [-0.05, 0) is 24.3 Å². The van der Waals surface area contributed by atoms with Crippen molar-refractivity contribution in [3.05, 3.63) is 59.4 Å². The van der Waals surface area contributed by atoms with Crippen LogP contribution >= 0.6 is 11.6 Å². The Morgan fingerprint density at radius 2 is 1.86 bits per heavy atom. The largest absolute Gasteiger partial charge is 0.344 e. The summed E-state index contributed by atoms with van der Waals surface area (Å²) in [6.07, 6.45) is 3.24. The minimum Gasteiger partial charge on any atom is -0.344 e. The monoisotopic (exact) mass is 300 g/mol. The van der Waals surface area contributed by atoms with Gasteiger partial charge in [-0.2, -0.15) is 10.2 Å². The smallest absolute Gasteiger partial charge is 0.132 e. The Morgan fingerprint density at radius 1 is 1.05 bits per heavy atom. The van der Waals surface area contributed by atoms with E-state index in [0.29, 0.717) is 16.6 Å². The van der Waals surface area contributed by atoms with E-state index in [9.17, 15) is 0 Å². The first-order chi connectivity index (χ1) is 9.83. The van der Waals surface area contributed by atoms with Crippen molar-refractivity contribution in [3.8, 4) is 0 Å². The van der Waals surface area contributed by atoms with Crippen LogP contribution in [-0.2, 0) is 0 Å². The van der Waals surface area contributed by atoms with Crippen molar-refractivity contribution in [2.75, 3.05) is 5.43 Å². The number of anilines is 1. The summed E-state index contributed by atoms with van der Waals surface area (Å²) in [6.45, 7) is 0. The van der Waals surface area contributed by atoms with E-state index in [1.165, 1.54) is 0 Å². The maximum absolute atomic E-state index is 5.77. The number of benzene rings is 1. The predicted molar refractivity (Wildman–Crippen MR) is 86.8 cm³/mol.